The molecule has 0 atom stereocenters. The third-order valence-electron chi connectivity index (χ3n) is 5.80. The van der Waals surface area contributed by atoms with Crippen LogP contribution >= 0.6 is 0 Å². The number of hydrogen-bond donors (Lipinski definition) is 1. The first-order valence-corrected chi connectivity index (χ1v) is 10.3. The average Bonchev–Trinajstić information content (AvgIpc) is 3.46. The SMILES string of the molecule is CCCn1ncc2c1CN(C(=O)c1cc(Cc3cccc4[nH]ccc34)ccc1F)C2. The normalized spacial score (nSPS) is 13.2. The molecular formula is C24H23FN4O. The van der Waals surface area contributed by atoms with Crippen LogP contribution in [0, 0.1) is 5.82 Å². The first-order chi connectivity index (χ1) is 14.6. The molecule has 3 heterocycles. The van der Waals surface area contributed by atoms with E-state index in [1.807, 2.05) is 35.3 Å². The van der Waals surface area contributed by atoms with Gasteiger partial charge in [0, 0.05) is 35.8 Å². The van der Waals surface area contributed by atoms with Gasteiger partial charge in [0.2, 0.25) is 0 Å². The van der Waals surface area contributed by atoms with Crippen molar-refractivity contribution >= 4 is 16.8 Å². The molecule has 6 heteroatoms. The fourth-order valence-electron chi connectivity index (χ4n) is 4.30. The number of fused-ring (bicyclic) bond motifs is 2. The van der Waals surface area contributed by atoms with Crippen molar-refractivity contribution in [2.24, 2.45) is 0 Å². The Labute approximate surface area is 174 Å². The van der Waals surface area contributed by atoms with E-state index in [0.717, 1.165) is 46.3 Å². The highest BCUT2D eigenvalue weighted by Crippen LogP contribution is 2.26. The predicted octanol–water partition coefficient (Wildman–Crippen LogP) is 4.66. The zero-order chi connectivity index (χ0) is 20.7. The van der Waals surface area contributed by atoms with E-state index in [9.17, 15) is 9.18 Å². The average molecular weight is 402 g/mol. The van der Waals surface area contributed by atoms with Gasteiger partial charge in [-0.15, -0.1) is 0 Å². The molecule has 2 aromatic heterocycles. The van der Waals surface area contributed by atoms with Gasteiger partial charge >= 0.3 is 0 Å². The lowest BCUT2D eigenvalue weighted by atomic mass is 9.99. The minimum absolute atomic E-state index is 0.133. The van der Waals surface area contributed by atoms with Gasteiger partial charge in [0.1, 0.15) is 5.82 Å². The Balaban J connectivity index is 1.40. The summed E-state index contributed by atoms with van der Waals surface area (Å²) in [7, 11) is 0. The Kier molecular flexibility index (Phi) is 4.62. The van der Waals surface area contributed by atoms with Gasteiger partial charge in [-0.25, -0.2) is 4.39 Å². The maximum Gasteiger partial charge on any atom is 0.257 e. The van der Waals surface area contributed by atoms with E-state index in [4.69, 9.17) is 0 Å². The van der Waals surface area contributed by atoms with Crippen molar-refractivity contribution in [3.8, 4) is 0 Å². The van der Waals surface area contributed by atoms with Gasteiger partial charge < -0.3 is 9.88 Å². The van der Waals surface area contributed by atoms with Crippen LogP contribution in [0.5, 0.6) is 0 Å². The number of nitrogens with zero attached hydrogens (tertiary/aromatic N) is 3. The van der Waals surface area contributed by atoms with Crippen molar-refractivity contribution in [3.05, 3.63) is 88.6 Å². The summed E-state index contributed by atoms with van der Waals surface area (Å²) < 4.78 is 16.6. The molecule has 1 aliphatic rings. The van der Waals surface area contributed by atoms with Crippen molar-refractivity contribution in [2.45, 2.75) is 39.4 Å². The number of nitrogens with one attached hydrogen (secondary N) is 1. The largest absolute Gasteiger partial charge is 0.361 e. The molecule has 1 aliphatic heterocycles. The zero-order valence-corrected chi connectivity index (χ0v) is 16.9. The smallest absolute Gasteiger partial charge is 0.257 e. The van der Waals surface area contributed by atoms with Crippen molar-refractivity contribution < 1.29 is 9.18 Å². The van der Waals surface area contributed by atoms with Crippen molar-refractivity contribution in [2.75, 3.05) is 0 Å². The Morgan fingerprint density at radius 1 is 1.20 bits per heavy atom. The molecule has 5 nitrogen and oxygen atoms in total. The van der Waals surface area contributed by atoms with E-state index in [1.54, 1.807) is 17.0 Å². The quantitative estimate of drug-likeness (QED) is 0.528. The molecule has 0 saturated heterocycles. The minimum atomic E-state index is -0.477. The third-order valence-corrected chi connectivity index (χ3v) is 5.80. The summed E-state index contributed by atoms with van der Waals surface area (Å²) in [5, 5.41) is 5.54. The van der Waals surface area contributed by atoms with Crippen LogP contribution in [0.4, 0.5) is 4.39 Å². The highest BCUT2D eigenvalue weighted by Gasteiger charge is 2.29. The second-order valence-corrected chi connectivity index (χ2v) is 7.85. The van der Waals surface area contributed by atoms with Crippen LogP contribution in [0.2, 0.25) is 0 Å². The molecule has 0 saturated carbocycles. The number of aryl methyl sites for hydroxylation is 1. The molecule has 5 rings (SSSR count). The van der Waals surface area contributed by atoms with E-state index >= 15 is 0 Å². The summed E-state index contributed by atoms with van der Waals surface area (Å²) in [6, 6.07) is 13.0. The summed E-state index contributed by atoms with van der Waals surface area (Å²) in [6.45, 7) is 3.87. The fraction of sp³-hybridized carbons (Fsp3) is 0.250. The van der Waals surface area contributed by atoms with E-state index in [0.29, 0.717) is 19.5 Å². The molecule has 152 valence electrons. The molecule has 0 aliphatic carbocycles. The number of hydrogen-bond acceptors (Lipinski definition) is 2. The molecule has 0 unspecified atom stereocenters. The van der Waals surface area contributed by atoms with Crippen molar-refractivity contribution in [1.82, 2.24) is 19.7 Å². The first-order valence-electron chi connectivity index (χ1n) is 10.3. The van der Waals surface area contributed by atoms with Crippen LogP contribution in [0.3, 0.4) is 0 Å². The van der Waals surface area contributed by atoms with Gasteiger partial charge in [-0.05, 0) is 48.2 Å². The predicted molar refractivity (Wildman–Crippen MR) is 114 cm³/mol. The van der Waals surface area contributed by atoms with E-state index in [1.165, 1.54) is 6.07 Å². The Hall–Kier alpha value is -3.41. The molecule has 2 aromatic carbocycles. The second-order valence-electron chi connectivity index (χ2n) is 7.85. The number of aromatic amines is 1. The van der Waals surface area contributed by atoms with E-state index in [2.05, 4.69) is 23.1 Å². The van der Waals surface area contributed by atoms with Crippen LogP contribution < -0.4 is 0 Å². The molecule has 30 heavy (non-hydrogen) atoms. The number of carbonyl (C=O) groups is 1. The second kappa shape index (κ2) is 7.44. The molecule has 0 spiro atoms. The van der Waals surface area contributed by atoms with Crippen LogP contribution in [-0.2, 0) is 26.1 Å². The molecule has 0 radical (unpaired) electrons. The number of H-pyrrole nitrogens is 1. The minimum Gasteiger partial charge on any atom is -0.361 e. The standard InChI is InChI=1S/C24H23FN4O/c1-2-10-29-23-15-28(14-18(23)13-27-29)24(30)20-12-16(6-7-21(20)25)11-17-4-3-5-22-19(17)8-9-26-22/h3-9,12-13,26H,2,10-11,14-15H2,1H3. The lowest BCUT2D eigenvalue weighted by Crippen LogP contribution is -2.27. The van der Waals surface area contributed by atoms with Gasteiger partial charge in [-0.2, -0.15) is 5.10 Å². The van der Waals surface area contributed by atoms with Gasteiger partial charge in [0.05, 0.1) is 24.0 Å². The highest BCUT2D eigenvalue weighted by molar-refractivity contribution is 5.95. The number of aromatic nitrogens is 3. The van der Waals surface area contributed by atoms with Crippen molar-refractivity contribution in [3.63, 3.8) is 0 Å². The lowest BCUT2D eigenvalue weighted by Gasteiger charge is -2.17. The summed E-state index contributed by atoms with van der Waals surface area (Å²) in [6.07, 6.45) is 5.36. The molecule has 0 fully saturated rings. The monoisotopic (exact) mass is 402 g/mol. The number of amides is 1. The van der Waals surface area contributed by atoms with E-state index in [-0.39, 0.29) is 11.5 Å². The molecule has 1 N–H and O–H groups in total. The molecular weight excluding hydrogens is 379 g/mol. The van der Waals surface area contributed by atoms with Gasteiger partial charge in [0.25, 0.3) is 5.91 Å². The highest BCUT2D eigenvalue weighted by atomic mass is 19.1. The van der Waals surface area contributed by atoms with Crippen LogP contribution in [0.1, 0.15) is 46.1 Å². The topological polar surface area (TPSA) is 53.9 Å². The number of benzene rings is 2. The van der Waals surface area contributed by atoms with Gasteiger partial charge in [0.15, 0.2) is 0 Å². The van der Waals surface area contributed by atoms with Crippen LogP contribution in [0.15, 0.2) is 54.9 Å². The maximum absolute atomic E-state index is 14.6. The van der Waals surface area contributed by atoms with Crippen molar-refractivity contribution in [1.29, 1.82) is 0 Å². The molecule has 4 aromatic rings. The fourth-order valence-corrected chi connectivity index (χ4v) is 4.30. The molecule has 0 bridgehead atoms. The lowest BCUT2D eigenvalue weighted by molar-refractivity contribution is 0.0743. The van der Waals surface area contributed by atoms with E-state index < -0.39 is 5.82 Å². The number of halogens is 1. The third kappa shape index (κ3) is 3.18. The summed E-state index contributed by atoms with van der Waals surface area (Å²) >= 11 is 0. The number of carbonyl (C=O) groups excluding carboxylic acids is 1. The van der Waals surface area contributed by atoms with Crippen LogP contribution in [0.25, 0.3) is 10.9 Å². The Morgan fingerprint density at radius 2 is 2.10 bits per heavy atom. The van der Waals surface area contributed by atoms with Crippen LogP contribution in [-0.4, -0.2) is 25.6 Å². The summed E-state index contributed by atoms with van der Waals surface area (Å²) in [5.74, 6) is -0.747. The first kappa shape index (κ1) is 18.6. The zero-order valence-electron chi connectivity index (χ0n) is 16.9. The maximum atomic E-state index is 14.6. The molecule has 1 amide bonds. The van der Waals surface area contributed by atoms with Gasteiger partial charge in [-0.3, -0.25) is 9.48 Å². The Bertz CT molecular complexity index is 1240. The van der Waals surface area contributed by atoms with Gasteiger partial charge in [-0.1, -0.05) is 25.1 Å². The summed E-state index contributed by atoms with van der Waals surface area (Å²) in [4.78, 5) is 18.0. The number of rotatable bonds is 5. The Morgan fingerprint density at radius 3 is 2.97 bits per heavy atom. The summed E-state index contributed by atoms with van der Waals surface area (Å²) in [5.41, 5.74) is 5.37.